The van der Waals surface area contributed by atoms with E-state index in [1.807, 2.05) is 12.1 Å². The van der Waals surface area contributed by atoms with Gasteiger partial charge in [-0.1, -0.05) is 12.5 Å². The van der Waals surface area contributed by atoms with Gasteiger partial charge in [0.1, 0.15) is 11.5 Å². The van der Waals surface area contributed by atoms with Gasteiger partial charge >= 0.3 is 5.97 Å². The number of esters is 1. The van der Waals surface area contributed by atoms with Crippen molar-refractivity contribution < 1.29 is 14.3 Å². The van der Waals surface area contributed by atoms with Gasteiger partial charge in [-0.05, 0) is 45.0 Å². The smallest absolute Gasteiger partial charge is 0.308 e. The summed E-state index contributed by atoms with van der Waals surface area (Å²) in [4.78, 5) is 13.3. The molecule has 1 aliphatic heterocycles. The molecule has 0 N–H and O–H groups in total. The number of likely N-dealkylation sites (tertiary alicyclic amines) is 1. The Morgan fingerprint density at radius 2 is 2.15 bits per heavy atom. The van der Waals surface area contributed by atoms with E-state index in [1.165, 1.54) is 32.7 Å². The van der Waals surface area contributed by atoms with E-state index >= 15 is 0 Å². The Kier molecular flexibility index (Phi) is 5.41. The van der Waals surface area contributed by atoms with Crippen LogP contribution in [-0.2, 0) is 4.79 Å². The fourth-order valence-electron chi connectivity index (χ4n) is 2.62. The van der Waals surface area contributed by atoms with Crippen LogP contribution in [-0.4, -0.2) is 37.1 Å². The molecule has 0 aromatic heterocycles. The third-order valence-electron chi connectivity index (χ3n) is 3.71. The first-order chi connectivity index (χ1) is 9.65. The van der Waals surface area contributed by atoms with Gasteiger partial charge < -0.3 is 14.4 Å². The van der Waals surface area contributed by atoms with Crippen molar-refractivity contribution in [1.29, 1.82) is 0 Å². The van der Waals surface area contributed by atoms with Crippen LogP contribution in [0.3, 0.4) is 0 Å². The van der Waals surface area contributed by atoms with Crippen LogP contribution < -0.4 is 9.47 Å². The lowest BCUT2D eigenvalue weighted by molar-refractivity contribution is -0.131. The van der Waals surface area contributed by atoms with Gasteiger partial charge in [-0.25, -0.2) is 0 Å². The second-order valence-electron chi connectivity index (χ2n) is 5.34. The number of hydrogen-bond donors (Lipinski definition) is 0. The number of benzene rings is 1. The maximum atomic E-state index is 10.9. The monoisotopic (exact) mass is 277 g/mol. The zero-order chi connectivity index (χ0) is 14.4. The van der Waals surface area contributed by atoms with Crippen molar-refractivity contribution in [1.82, 2.24) is 4.90 Å². The third kappa shape index (κ3) is 4.53. The van der Waals surface area contributed by atoms with Crippen LogP contribution in [0.4, 0.5) is 0 Å². The highest BCUT2D eigenvalue weighted by Crippen LogP contribution is 2.21. The lowest BCUT2D eigenvalue weighted by Gasteiger charge is -2.32. The number of piperidine rings is 1. The van der Waals surface area contributed by atoms with Crippen molar-refractivity contribution in [2.45, 2.75) is 38.6 Å². The summed E-state index contributed by atoms with van der Waals surface area (Å²) in [5.74, 6) is 0.970. The summed E-state index contributed by atoms with van der Waals surface area (Å²) in [6.07, 6.45) is 4.91. The van der Waals surface area contributed by atoms with Crippen molar-refractivity contribution in [3.8, 4) is 11.5 Å². The van der Waals surface area contributed by atoms with Crippen LogP contribution in [0.1, 0.15) is 32.6 Å². The predicted octanol–water partition coefficient (Wildman–Crippen LogP) is 2.87. The maximum absolute atomic E-state index is 10.9. The molecule has 1 aromatic carbocycles. The van der Waals surface area contributed by atoms with Crippen molar-refractivity contribution in [3.05, 3.63) is 24.3 Å². The van der Waals surface area contributed by atoms with E-state index in [-0.39, 0.29) is 5.97 Å². The minimum Gasteiger partial charge on any atom is -0.493 e. The molecule has 0 amide bonds. The van der Waals surface area contributed by atoms with E-state index in [1.54, 1.807) is 12.1 Å². The van der Waals surface area contributed by atoms with Crippen LogP contribution in [0.2, 0.25) is 0 Å². The number of carbonyl (C=O) groups is 1. The zero-order valence-corrected chi connectivity index (χ0v) is 12.3. The second-order valence-corrected chi connectivity index (χ2v) is 5.34. The van der Waals surface area contributed by atoms with Crippen LogP contribution in [0, 0.1) is 0 Å². The number of ether oxygens (including phenoxy) is 2. The van der Waals surface area contributed by atoms with Gasteiger partial charge in [0.2, 0.25) is 0 Å². The van der Waals surface area contributed by atoms with Gasteiger partial charge in [0.05, 0.1) is 6.61 Å². The van der Waals surface area contributed by atoms with Crippen molar-refractivity contribution in [3.63, 3.8) is 0 Å². The molecular weight excluding hydrogens is 254 g/mol. The number of carbonyl (C=O) groups excluding carboxylic acids is 1. The molecular formula is C16H23NO3. The Hall–Kier alpha value is -1.55. The molecule has 1 unspecified atom stereocenters. The highest BCUT2D eigenvalue weighted by atomic mass is 16.5. The van der Waals surface area contributed by atoms with E-state index < -0.39 is 0 Å². The van der Waals surface area contributed by atoms with Gasteiger partial charge in [-0.15, -0.1) is 0 Å². The Labute approximate surface area is 120 Å². The molecule has 4 heteroatoms. The molecule has 4 nitrogen and oxygen atoms in total. The lowest BCUT2D eigenvalue weighted by Crippen LogP contribution is -2.37. The summed E-state index contributed by atoms with van der Waals surface area (Å²) < 4.78 is 10.8. The number of nitrogens with zero attached hydrogens (tertiary/aromatic N) is 1. The SMILES string of the molecule is CC(=O)Oc1cccc(OCCC2CCCCN2C)c1. The van der Waals surface area contributed by atoms with Crippen molar-refractivity contribution in [2.24, 2.45) is 0 Å². The summed E-state index contributed by atoms with van der Waals surface area (Å²) in [7, 11) is 2.19. The number of hydrogen-bond acceptors (Lipinski definition) is 4. The molecule has 2 rings (SSSR count). The maximum Gasteiger partial charge on any atom is 0.308 e. The summed E-state index contributed by atoms with van der Waals surface area (Å²) in [6.45, 7) is 3.28. The molecule has 1 aliphatic rings. The molecule has 1 fully saturated rings. The molecule has 1 saturated heterocycles. The minimum atomic E-state index is -0.314. The average Bonchev–Trinajstić information content (AvgIpc) is 2.41. The van der Waals surface area contributed by atoms with Crippen LogP contribution in [0.25, 0.3) is 0 Å². The van der Waals surface area contributed by atoms with Crippen molar-refractivity contribution in [2.75, 3.05) is 20.2 Å². The van der Waals surface area contributed by atoms with Gasteiger partial charge in [-0.3, -0.25) is 4.79 Å². The van der Waals surface area contributed by atoms with Gasteiger partial charge in [0.25, 0.3) is 0 Å². The summed E-state index contributed by atoms with van der Waals surface area (Å²) in [6, 6.07) is 7.85. The van der Waals surface area contributed by atoms with Gasteiger partial charge in [0.15, 0.2) is 0 Å². The Morgan fingerprint density at radius 3 is 2.90 bits per heavy atom. The zero-order valence-electron chi connectivity index (χ0n) is 12.3. The van der Waals surface area contributed by atoms with Crippen LogP contribution >= 0.6 is 0 Å². The molecule has 0 radical (unpaired) electrons. The normalized spacial score (nSPS) is 19.6. The van der Waals surface area contributed by atoms with E-state index in [9.17, 15) is 4.79 Å². The molecule has 1 atom stereocenters. The van der Waals surface area contributed by atoms with E-state index in [2.05, 4.69) is 11.9 Å². The fourth-order valence-corrected chi connectivity index (χ4v) is 2.62. The van der Waals surface area contributed by atoms with Crippen LogP contribution in [0.15, 0.2) is 24.3 Å². The minimum absolute atomic E-state index is 0.314. The molecule has 20 heavy (non-hydrogen) atoms. The van der Waals surface area contributed by atoms with Gasteiger partial charge in [0, 0.05) is 19.0 Å². The van der Waals surface area contributed by atoms with E-state index in [0.717, 1.165) is 12.2 Å². The fraction of sp³-hybridized carbons (Fsp3) is 0.562. The quantitative estimate of drug-likeness (QED) is 0.613. The lowest BCUT2D eigenvalue weighted by atomic mass is 10.0. The average molecular weight is 277 g/mol. The standard InChI is InChI=1S/C16H23NO3/c1-13(18)20-16-8-5-7-15(12-16)19-11-9-14-6-3-4-10-17(14)2/h5,7-8,12,14H,3-4,6,9-11H2,1-2H3. The van der Waals surface area contributed by atoms with Crippen molar-refractivity contribution >= 4 is 5.97 Å². The largest absolute Gasteiger partial charge is 0.493 e. The van der Waals surface area contributed by atoms with E-state index in [0.29, 0.717) is 18.4 Å². The van der Waals surface area contributed by atoms with Gasteiger partial charge in [-0.2, -0.15) is 0 Å². The molecule has 0 aliphatic carbocycles. The highest BCUT2D eigenvalue weighted by Gasteiger charge is 2.18. The second kappa shape index (κ2) is 7.29. The van der Waals surface area contributed by atoms with E-state index in [4.69, 9.17) is 9.47 Å². The number of rotatable bonds is 5. The molecule has 110 valence electrons. The Bertz CT molecular complexity index is 447. The molecule has 1 aromatic rings. The molecule has 0 spiro atoms. The molecule has 1 heterocycles. The summed E-state index contributed by atoms with van der Waals surface area (Å²) in [5, 5.41) is 0. The first kappa shape index (κ1) is 14.9. The topological polar surface area (TPSA) is 38.8 Å². The van der Waals surface area contributed by atoms with Crippen LogP contribution in [0.5, 0.6) is 11.5 Å². The highest BCUT2D eigenvalue weighted by molar-refractivity contribution is 5.69. The predicted molar refractivity (Wildman–Crippen MR) is 78.1 cm³/mol. The molecule has 0 bridgehead atoms. The summed E-state index contributed by atoms with van der Waals surface area (Å²) >= 11 is 0. The first-order valence-electron chi connectivity index (χ1n) is 7.26. The Balaban J connectivity index is 1.80. The Morgan fingerprint density at radius 1 is 1.35 bits per heavy atom. The third-order valence-corrected chi connectivity index (χ3v) is 3.71. The summed E-state index contributed by atoms with van der Waals surface area (Å²) in [5.41, 5.74) is 0. The molecule has 0 saturated carbocycles. The first-order valence-corrected chi connectivity index (χ1v) is 7.26.